The summed E-state index contributed by atoms with van der Waals surface area (Å²) in [5.74, 6) is -1.02. The third kappa shape index (κ3) is 5.07. The van der Waals surface area contributed by atoms with Gasteiger partial charge in [-0.2, -0.15) is 5.10 Å². The van der Waals surface area contributed by atoms with Crippen LogP contribution < -0.4 is 10.7 Å². The highest BCUT2D eigenvalue weighted by molar-refractivity contribution is 6.09. The molecule has 2 aromatic carbocycles. The SMILES string of the molecule is O=C(Nc1ccccc1C(=O)N/N=C/c1ccccn1)c1ccc([N+](=O)[O-])cc1. The average molecular weight is 389 g/mol. The molecule has 2 N–H and O–H groups in total. The van der Waals surface area contributed by atoms with Gasteiger partial charge in [-0.15, -0.1) is 0 Å². The molecule has 0 unspecified atom stereocenters. The van der Waals surface area contributed by atoms with E-state index < -0.39 is 16.7 Å². The molecule has 0 aliphatic carbocycles. The van der Waals surface area contributed by atoms with Crippen molar-refractivity contribution in [3.63, 3.8) is 0 Å². The zero-order valence-corrected chi connectivity index (χ0v) is 15.0. The van der Waals surface area contributed by atoms with Gasteiger partial charge in [0.2, 0.25) is 0 Å². The topological polar surface area (TPSA) is 127 Å². The second-order valence-electron chi connectivity index (χ2n) is 5.76. The van der Waals surface area contributed by atoms with E-state index in [0.29, 0.717) is 5.69 Å². The Labute approximate surface area is 165 Å². The van der Waals surface area contributed by atoms with E-state index in [4.69, 9.17) is 0 Å². The van der Waals surface area contributed by atoms with Crippen molar-refractivity contribution >= 4 is 29.4 Å². The first-order chi connectivity index (χ1) is 14.0. The molecule has 3 rings (SSSR count). The lowest BCUT2D eigenvalue weighted by Gasteiger charge is -2.10. The van der Waals surface area contributed by atoms with E-state index in [0.717, 1.165) is 0 Å². The number of nitrogens with one attached hydrogen (secondary N) is 2. The summed E-state index contributed by atoms with van der Waals surface area (Å²) in [6.45, 7) is 0. The Bertz CT molecular complexity index is 1070. The van der Waals surface area contributed by atoms with Crippen molar-refractivity contribution in [1.29, 1.82) is 0 Å². The first-order valence-electron chi connectivity index (χ1n) is 8.44. The second-order valence-corrected chi connectivity index (χ2v) is 5.76. The molecule has 0 aliphatic heterocycles. The number of nitrogens with zero attached hydrogens (tertiary/aromatic N) is 3. The van der Waals surface area contributed by atoms with Gasteiger partial charge in [0.15, 0.2) is 0 Å². The second kappa shape index (κ2) is 9.00. The number of pyridine rings is 1. The van der Waals surface area contributed by atoms with E-state index in [-0.39, 0.29) is 22.5 Å². The van der Waals surface area contributed by atoms with Gasteiger partial charge in [-0.25, -0.2) is 5.43 Å². The Morgan fingerprint density at radius 2 is 1.69 bits per heavy atom. The molecule has 0 atom stereocenters. The Kier molecular flexibility index (Phi) is 6.01. The van der Waals surface area contributed by atoms with Gasteiger partial charge >= 0.3 is 0 Å². The summed E-state index contributed by atoms with van der Waals surface area (Å²) in [6.07, 6.45) is 3.00. The van der Waals surface area contributed by atoms with Crippen LogP contribution in [0.1, 0.15) is 26.4 Å². The number of nitro benzene ring substituents is 1. The maximum absolute atomic E-state index is 12.4. The molecule has 0 aliphatic rings. The van der Waals surface area contributed by atoms with Crippen LogP contribution in [0, 0.1) is 10.1 Å². The van der Waals surface area contributed by atoms with E-state index in [9.17, 15) is 19.7 Å². The summed E-state index contributed by atoms with van der Waals surface area (Å²) in [4.78, 5) is 39.1. The number of hydrazone groups is 1. The lowest BCUT2D eigenvalue weighted by atomic mass is 10.1. The molecule has 0 fully saturated rings. The Morgan fingerprint density at radius 1 is 0.966 bits per heavy atom. The highest BCUT2D eigenvalue weighted by atomic mass is 16.6. The van der Waals surface area contributed by atoms with Crippen molar-refractivity contribution in [3.8, 4) is 0 Å². The van der Waals surface area contributed by atoms with Crippen molar-refractivity contribution in [2.45, 2.75) is 0 Å². The van der Waals surface area contributed by atoms with Gasteiger partial charge in [-0.1, -0.05) is 18.2 Å². The number of carbonyl (C=O) groups excluding carboxylic acids is 2. The highest BCUT2D eigenvalue weighted by Crippen LogP contribution is 2.18. The number of hydrogen-bond donors (Lipinski definition) is 2. The summed E-state index contributed by atoms with van der Waals surface area (Å²) in [7, 11) is 0. The molecule has 3 aromatic rings. The van der Waals surface area contributed by atoms with Crippen LogP contribution >= 0.6 is 0 Å². The maximum atomic E-state index is 12.4. The van der Waals surface area contributed by atoms with Gasteiger partial charge in [-0.05, 0) is 36.4 Å². The number of nitro groups is 1. The van der Waals surface area contributed by atoms with E-state index in [1.54, 1.807) is 42.6 Å². The fourth-order valence-electron chi connectivity index (χ4n) is 2.39. The predicted octanol–water partition coefficient (Wildman–Crippen LogP) is 3.01. The molecule has 0 saturated carbocycles. The third-order valence-corrected chi connectivity index (χ3v) is 3.81. The molecule has 0 spiro atoms. The summed E-state index contributed by atoms with van der Waals surface area (Å²) in [5.41, 5.74) is 3.55. The van der Waals surface area contributed by atoms with Crippen LogP contribution in [0.4, 0.5) is 11.4 Å². The quantitative estimate of drug-likeness (QED) is 0.381. The minimum absolute atomic E-state index is 0.118. The summed E-state index contributed by atoms with van der Waals surface area (Å²) < 4.78 is 0. The first-order valence-corrected chi connectivity index (χ1v) is 8.44. The van der Waals surface area contributed by atoms with Crippen LogP contribution in [0.25, 0.3) is 0 Å². The Hall–Kier alpha value is -4.40. The average Bonchev–Trinajstić information content (AvgIpc) is 2.75. The Morgan fingerprint density at radius 3 is 2.38 bits per heavy atom. The first kappa shape index (κ1) is 19.4. The number of rotatable bonds is 6. The normalized spacial score (nSPS) is 10.5. The number of amides is 2. The molecule has 0 saturated heterocycles. The zero-order chi connectivity index (χ0) is 20.6. The van der Waals surface area contributed by atoms with Crippen molar-refractivity contribution in [1.82, 2.24) is 10.4 Å². The molecule has 0 radical (unpaired) electrons. The van der Waals surface area contributed by atoms with Crippen LogP contribution in [-0.4, -0.2) is 27.9 Å². The minimum Gasteiger partial charge on any atom is -0.321 e. The lowest BCUT2D eigenvalue weighted by Crippen LogP contribution is -2.21. The van der Waals surface area contributed by atoms with Crippen LogP contribution in [0.5, 0.6) is 0 Å². The molecule has 29 heavy (non-hydrogen) atoms. The monoisotopic (exact) mass is 389 g/mol. The number of benzene rings is 2. The molecule has 1 aromatic heterocycles. The highest BCUT2D eigenvalue weighted by Gasteiger charge is 2.14. The largest absolute Gasteiger partial charge is 0.321 e. The molecule has 144 valence electrons. The van der Waals surface area contributed by atoms with Crippen LogP contribution in [0.3, 0.4) is 0 Å². The van der Waals surface area contributed by atoms with Crippen molar-refractivity contribution in [2.24, 2.45) is 5.10 Å². The predicted molar refractivity (Wildman–Crippen MR) is 107 cm³/mol. The Balaban J connectivity index is 1.71. The van der Waals surface area contributed by atoms with Gasteiger partial charge in [0.25, 0.3) is 17.5 Å². The number of aromatic nitrogens is 1. The molecular weight excluding hydrogens is 374 g/mol. The fraction of sp³-hybridized carbons (Fsp3) is 0. The van der Waals surface area contributed by atoms with Gasteiger partial charge in [0, 0.05) is 23.9 Å². The number of carbonyl (C=O) groups is 2. The fourth-order valence-corrected chi connectivity index (χ4v) is 2.39. The lowest BCUT2D eigenvalue weighted by molar-refractivity contribution is -0.384. The van der Waals surface area contributed by atoms with E-state index in [2.05, 4.69) is 20.8 Å². The number of anilines is 1. The van der Waals surface area contributed by atoms with Crippen molar-refractivity contribution in [3.05, 3.63) is 99.9 Å². The molecule has 2 amide bonds. The summed E-state index contributed by atoms with van der Waals surface area (Å²) in [5, 5.41) is 17.2. The third-order valence-electron chi connectivity index (χ3n) is 3.81. The minimum atomic E-state index is -0.549. The van der Waals surface area contributed by atoms with E-state index >= 15 is 0 Å². The van der Waals surface area contributed by atoms with Gasteiger partial charge in [0.05, 0.1) is 28.1 Å². The molecular formula is C20H15N5O4. The van der Waals surface area contributed by atoms with Gasteiger partial charge in [-0.3, -0.25) is 24.7 Å². The van der Waals surface area contributed by atoms with E-state index in [1.165, 1.54) is 36.5 Å². The summed E-state index contributed by atoms with van der Waals surface area (Å²) in [6, 6.07) is 16.9. The van der Waals surface area contributed by atoms with Gasteiger partial charge < -0.3 is 5.32 Å². The van der Waals surface area contributed by atoms with E-state index in [1.807, 2.05) is 0 Å². The van der Waals surface area contributed by atoms with Crippen molar-refractivity contribution in [2.75, 3.05) is 5.32 Å². The van der Waals surface area contributed by atoms with Crippen LogP contribution in [0.2, 0.25) is 0 Å². The van der Waals surface area contributed by atoms with Gasteiger partial charge in [0.1, 0.15) is 0 Å². The number of non-ortho nitro benzene ring substituents is 1. The number of hydrogen-bond acceptors (Lipinski definition) is 6. The zero-order valence-electron chi connectivity index (χ0n) is 15.0. The molecule has 0 bridgehead atoms. The standard InChI is InChI=1S/C20H15N5O4/c26-19(14-8-10-16(11-9-14)25(28)29)23-18-7-2-1-6-17(18)20(27)24-22-13-15-5-3-4-12-21-15/h1-13H,(H,23,26)(H,24,27)/b22-13+. The molecule has 9 heteroatoms. The summed E-state index contributed by atoms with van der Waals surface area (Å²) >= 11 is 0. The molecule has 9 nitrogen and oxygen atoms in total. The maximum Gasteiger partial charge on any atom is 0.273 e. The smallest absolute Gasteiger partial charge is 0.273 e. The van der Waals surface area contributed by atoms with Crippen LogP contribution in [-0.2, 0) is 0 Å². The molecule has 1 heterocycles. The van der Waals surface area contributed by atoms with Crippen molar-refractivity contribution < 1.29 is 14.5 Å². The van der Waals surface area contributed by atoms with Crippen LogP contribution in [0.15, 0.2) is 78.0 Å². The number of para-hydroxylation sites is 1.